The second-order valence-electron chi connectivity index (χ2n) is 22.5. The third-order valence-corrected chi connectivity index (χ3v) is 14.6. The second-order valence-corrected chi connectivity index (χ2v) is 24.0. The van der Waals surface area contributed by atoms with Crippen molar-refractivity contribution in [2.45, 2.75) is 270 Å². The van der Waals surface area contributed by atoms with E-state index in [1.54, 1.807) is 0 Å². The van der Waals surface area contributed by atoms with Crippen LogP contribution in [0.25, 0.3) is 0 Å². The van der Waals surface area contributed by atoms with E-state index >= 15 is 0 Å². The lowest BCUT2D eigenvalue weighted by atomic mass is 10.0. The molecule has 3 unspecified atom stereocenters. The molecule has 0 aromatic carbocycles. The summed E-state index contributed by atoms with van der Waals surface area (Å²) in [6, 6.07) is -0.876. The first-order valence-electron chi connectivity index (χ1n) is 32.4. The normalized spacial score (nSPS) is 14.4. The highest BCUT2D eigenvalue weighted by Crippen LogP contribution is 2.43. The van der Waals surface area contributed by atoms with Crippen molar-refractivity contribution in [3.8, 4) is 0 Å². The minimum absolute atomic E-state index is 0.0267. The van der Waals surface area contributed by atoms with E-state index in [-0.39, 0.29) is 37.9 Å². The average Bonchev–Trinajstić information content (AvgIpc) is 3.42. The first kappa shape index (κ1) is 76.4. The maximum Gasteiger partial charge on any atom is 0.472 e. The van der Waals surface area contributed by atoms with Crippen LogP contribution in [-0.4, -0.2) is 74.3 Å². The molecule has 80 heavy (non-hydrogen) atoms. The smallest absolute Gasteiger partial charge is 0.456 e. The van der Waals surface area contributed by atoms with Gasteiger partial charge >= 0.3 is 13.8 Å². The third-order valence-electron chi connectivity index (χ3n) is 13.6. The number of rotatable bonds is 57. The van der Waals surface area contributed by atoms with E-state index < -0.39 is 20.0 Å². The Morgan fingerprint density at radius 2 is 0.800 bits per heavy atom. The first-order chi connectivity index (χ1) is 38.9. The van der Waals surface area contributed by atoms with Crippen LogP contribution in [0.5, 0.6) is 0 Å². The number of quaternary nitrogens is 1. The first-order valence-corrected chi connectivity index (χ1v) is 33.9. The molecule has 0 fully saturated rings. The number of esters is 1. The summed E-state index contributed by atoms with van der Waals surface area (Å²) in [7, 11) is 1.46. The number of likely N-dealkylation sites (N-methyl/N-ethyl adjacent to an activating group) is 1. The highest BCUT2D eigenvalue weighted by Gasteiger charge is 2.30. The molecule has 0 aliphatic carbocycles. The van der Waals surface area contributed by atoms with Crippen molar-refractivity contribution in [2.24, 2.45) is 0 Å². The molecule has 9 nitrogen and oxygen atoms in total. The van der Waals surface area contributed by atoms with Gasteiger partial charge in [0, 0.05) is 12.8 Å². The van der Waals surface area contributed by atoms with Crippen molar-refractivity contribution < 1.29 is 37.3 Å². The van der Waals surface area contributed by atoms with Crippen LogP contribution < -0.4 is 5.32 Å². The largest absolute Gasteiger partial charge is 0.472 e. The van der Waals surface area contributed by atoms with Gasteiger partial charge in [-0.15, -0.1) is 0 Å². The number of hydrogen-bond donors (Lipinski definition) is 2. The van der Waals surface area contributed by atoms with Gasteiger partial charge in [0.25, 0.3) is 0 Å². The van der Waals surface area contributed by atoms with Crippen LogP contribution in [0, 0.1) is 0 Å². The summed E-state index contributed by atoms with van der Waals surface area (Å²) in [6.07, 6.45) is 82.0. The fourth-order valence-electron chi connectivity index (χ4n) is 8.72. The van der Waals surface area contributed by atoms with E-state index in [0.29, 0.717) is 17.4 Å². The number of unbranched alkanes of at least 4 members (excludes halogenated alkanes) is 23. The number of ether oxygens (including phenoxy) is 1. The minimum atomic E-state index is -4.47. The highest BCUT2D eigenvalue weighted by atomic mass is 31.2. The molecule has 0 heterocycles. The summed E-state index contributed by atoms with van der Waals surface area (Å²) in [4.78, 5) is 37.8. The molecule has 0 saturated carbocycles. The predicted molar refractivity (Wildman–Crippen MR) is 346 cm³/mol. The zero-order valence-electron chi connectivity index (χ0n) is 52.3. The third kappa shape index (κ3) is 59.0. The molecular weight excluding hydrogens is 1010 g/mol. The number of phosphoric acid groups is 1. The van der Waals surface area contributed by atoms with Crippen LogP contribution in [0.4, 0.5) is 0 Å². The molecule has 1 amide bonds. The second kappa shape index (κ2) is 58.6. The number of allylic oxidation sites excluding steroid dienone is 19. The molecule has 0 bridgehead atoms. The number of nitrogens with one attached hydrogen (secondary N) is 1. The zero-order valence-corrected chi connectivity index (χ0v) is 53.2. The summed E-state index contributed by atoms with van der Waals surface area (Å²) in [5, 5.41) is 3.04. The van der Waals surface area contributed by atoms with Crippen LogP contribution >= 0.6 is 7.82 Å². The lowest BCUT2D eigenvalue weighted by Gasteiger charge is -2.27. The van der Waals surface area contributed by atoms with E-state index in [4.69, 9.17) is 13.8 Å². The topological polar surface area (TPSA) is 111 Å². The molecule has 0 aromatic heterocycles. The van der Waals surface area contributed by atoms with Gasteiger partial charge < -0.3 is 19.4 Å². The van der Waals surface area contributed by atoms with Gasteiger partial charge in [-0.1, -0.05) is 252 Å². The summed E-state index contributed by atoms with van der Waals surface area (Å²) >= 11 is 0. The van der Waals surface area contributed by atoms with Crippen LogP contribution in [0.3, 0.4) is 0 Å². The van der Waals surface area contributed by atoms with Gasteiger partial charge in [0.15, 0.2) is 0 Å². The summed E-state index contributed by atoms with van der Waals surface area (Å²) in [5.41, 5.74) is 0. The predicted octanol–water partition coefficient (Wildman–Crippen LogP) is 20.3. The van der Waals surface area contributed by atoms with Gasteiger partial charge in [0.2, 0.25) is 5.91 Å². The van der Waals surface area contributed by atoms with Crippen molar-refractivity contribution in [2.75, 3.05) is 40.9 Å². The van der Waals surface area contributed by atoms with E-state index in [0.717, 1.165) is 128 Å². The van der Waals surface area contributed by atoms with Gasteiger partial charge in [-0.25, -0.2) is 4.57 Å². The molecule has 10 heteroatoms. The number of nitrogens with zero attached hydrogens (tertiary/aromatic N) is 1. The Balaban J connectivity index is 5.24. The molecule has 0 radical (unpaired) electrons. The molecule has 458 valence electrons. The van der Waals surface area contributed by atoms with E-state index in [2.05, 4.69) is 135 Å². The Kier molecular flexibility index (Phi) is 56.0. The number of carbonyl (C=O) groups excluding carboxylic acids is 2. The average molecular weight is 1130 g/mol. The van der Waals surface area contributed by atoms with Crippen molar-refractivity contribution in [1.29, 1.82) is 0 Å². The molecular formula is C70H122N2O7P+. The van der Waals surface area contributed by atoms with Crippen molar-refractivity contribution in [3.05, 3.63) is 122 Å². The molecule has 0 spiro atoms. The Morgan fingerprint density at radius 3 is 1.21 bits per heavy atom. The number of amides is 1. The van der Waals surface area contributed by atoms with Gasteiger partial charge in [-0.05, 0) is 115 Å². The molecule has 0 aromatic rings. The molecule has 2 N–H and O–H groups in total. The standard InChI is InChI=1S/C70H121N2O7P/c1-7-10-13-16-19-22-25-28-30-32-33-34-35-36-37-38-39-40-42-45-48-51-54-57-60-63-70(74)79-68(61-58-55-52-49-46-43-27-24-21-18-15-12-9-3)67(66-78-80(75,76)77-65-64-72(4,5)6)71-69(73)62-59-56-53-50-47-44-41-31-29-26-23-20-17-14-11-8-2/h10-11,13-14,19-20,22-23,28-31,33-34,36-37,44,47,58,61,67-68H,7-9,12,15-18,21,24-27,32,35,38-43,45-46,48-57,59-60,62-66H2,1-6H3,(H-,71,73,75,76)/p+1/b13-10-,14-11+,22-19-,23-20+,30-28-,31-29+,34-33-,37-36-,47-44+,61-58-. The summed E-state index contributed by atoms with van der Waals surface area (Å²) in [5.74, 6) is -0.554. The number of carbonyl (C=O) groups is 2. The van der Waals surface area contributed by atoms with Gasteiger partial charge in [0.05, 0.1) is 33.8 Å². The monoisotopic (exact) mass is 1130 g/mol. The van der Waals surface area contributed by atoms with E-state index in [1.165, 1.54) is 89.9 Å². The Labute approximate surface area is 493 Å². The fraction of sp³-hybridized carbons (Fsp3) is 0.686. The lowest BCUT2D eigenvalue weighted by Crippen LogP contribution is -2.47. The van der Waals surface area contributed by atoms with Gasteiger partial charge in [-0.2, -0.15) is 0 Å². The highest BCUT2D eigenvalue weighted by molar-refractivity contribution is 7.47. The lowest BCUT2D eigenvalue weighted by molar-refractivity contribution is -0.870. The van der Waals surface area contributed by atoms with Crippen molar-refractivity contribution >= 4 is 19.7 Å². The fourth-order valence-corrected chi connectivity index (χ4v) is 9.46. The Hall–Kier alpha value is -3.59. The molecule has 3 atom stereocenters. The van der Waals surface area contributed by atoms with Gasteiger partial charge in [-0.3, -0.25) is 18.6 Å². The SMILES string of the molecule is CC/C=C\C/C=C\C/C=C\C/C=C\C/C=C\CCCCCCCCCCCC(=O)OC(/C=C\CCCCCCCCCCCCC)C(COP(=O)(O)OCC[N+](C)(C)C)NC(=O)CCCCC/C=C/C/C=C/C/C=C/C/C=C/CC. The molecule has 0 aliphatic heterocycles. The van der Waals surface area contributed by atoms with Crippen molar-refractivity contribution in [3.63, 3.8) is 0 Å². The molecule has 0 saturated heterocycles. The Bertz CT molecular complexity index is 1780. The van der Waals surface area contributed by atoms with Crippen LogP contribution in [-0.2, 0) is 27.9 Å². The van der Waals surface area contributed by atoms with E-state index in [1.807, 2.05) is 33.3 Å². The quantitative estimate of drug-likeness (QED) is 0.0205. The maximum absolute atomic E-state index is 13.5. The number of phosphoric ester groups is 1. The van der Waals surface area contributed by atoms with Crippen LogP contribution in [0.15, 0.2) is 122 Å². The molecule has 0 rings (SSSR count). The maximum atomic E-state index is 13.5. The Morgan fingerprint density at radius 1 is 0.450 bits per heavy atom. The van der Waals surface area contributed by atoms with E-state index in [9.17, 15) is 19.0 Å². The molecule has 0 aliphatic rings. The zero-order chi connectivity index (χ0) is 58.6. The number of hydrogen-bond acceptors (Lipinski definition) is 6. The van der Waals surface area contributed by atoms with Crippen LogP contribution in [0.2, 0.25) is 0 Å². The minimum Gasteiger partial charge on any atom is -0.456 e. The van der Waals surface area contributed by atoms with Crippen molar-refractivity contribution in [1.82, 2.24) is 5.32 Å². The summed E-state index contributed by atoms with van der Waals surface area (Å²) < 4.78 is 30.7. The van der Waals surface area contributed by atoms with Crippen LogP contribution in [0.1, 0.15) is 258 Å². The van der Waals surface area contributed by atoms with Gasteiger partial charge in [0.1, 0.15) is 19.3 Å². The summed E-state index contributed by atoms with van der Waals surface area (Å²) in [6.45, 7) is 6.75.